The molecular weight excluding hydrogens is 333 g/mol. The summed E-state index contributed by atoms with van der Waals surface area (Å²) in [5, 5.41) is 12.9. The molecule has 3 aromatic rings. The van der Waals surface area contributed by atoms with Crippen LogP contribution in [0.3, 0.4) is 0 Å². The fourth-order valence-electron chi connectivity index (χ4n) is 1.97. The number of aromatic nitrogens is 2. The Labute approximate surface area is 140 Å². The molecule has 0 aliphatic carbocycles. The highest BCUT2D eigenvalue weighted by atomic mass is 19.2. The smallest absolute Gasteiger partial charge is 0.276 e. The molecule has 0 aliphatic rings. The molecule has 0 bridgehead atoms. The van der Waals surface area contributed by atoms with Crippen molar-refractivity contribution in [1.29, 1.82) is 0 Å². The van der Waals surface area contributed by atoms with Gasteiger partial charge in [0.1, 0.15) is 5.82 Å². The second-order valence-electron chi connectivity index (χ2n) is 5.02. The second kappa shape index (κ2) is 7.00. The second-order valence-corrected chi connectivity index (χ2v) is 5.02. The summed E-state index contributed by atoms with van der Waals surface area (Å²) in [5.41, 5.74) is 0.745. The molecule has 0 unspecified atom stereocenters. The molecule has 0 saturated carbocycles. The SMILES string of the molecule is O=C(Nc1ccc(F)cc1)c1ccc(Nc2ccc(F)c(F)c2)nn1. The molecule has 8 heteroatoms. The summed E-state index contributed by atoms with van der Waals surface area (Å²) < 4.78 is 38.9. The van der Waals surface area contributed by atoms with Gasteiger partial charge in [0.25, 0.3) is 5.91 Å². The molecule has 2 N–H and O–H groups in total. The molecule has 0 aliphatic heterocycles. The number of carbonyl (C=O) groups is 1. The van der Waals surface area contributed by atoms with E-state index in [1.54, 1.807) is 0 Å². The number of rotatable bonds is 4. The van der Waals surface area contributed by atoms with Gasteiger partial charge < -0.3 is 10.6 Å². The van der Waals surface area contributed by atoms with Gasteiger partial charge in [-0.25, -0.2) is 13.2 Å². The van der Waals surface area contributed by atoms with Crippen molar-refractivity contribution in [3.05, 3.63) is 77.7 Å². The molecule has 2 aromatic carbocycles. The molecule has 126 valence electrons. The minimum Gasteiger partial charge on any atom is -0.339 e. The maximum Gasteiger partial charge on any atom is 0.276 e. The monoisotopic (exact) mass is 344 g/mol. The molecule has 0 radical (unpaired) electrons. The van der Waals surface area contributed by atoms with Gasteiger partial charge in [-0.05, 0) is 48.5 Å². The fraction of sp³-hybridized carbons (Fsp3) is 0. The number of halogens is 3. The first kappa shape index (κ1) is 16.4. The van der Waals surface area contributed by atoms with Crippen LogP contribution >= 0.6 is 0 Å². The molecule has 0 atom stereocenters. The van der Waals surface area contributed by atoms with Crippen LogP contribution in [0.4, 0.5) is 30.4 Å². The molecule has 0 saturated heterocycles. The van der Waals surface area contributed by atoms with Crippen molar-refractivity contribution in [1.82, 2.24) is 10.2 Å². The van der Waals surface area contributed by atoms with Crippen molar-refractivity contribution >= 4 is 23.1 Å². The van der Waals surface area contributed by atoms with Gasteiger partial charge in [-0.2, -0.15) is 0 Å². The standard InChI is InChI=1S/C17H11F3N4O/c18-10-1-3-11(4-2-10)22-17(25)15-7-8-16(24-23-15)21-12-5-6-13(19)14(20)9-12/h1-9H,(H,21,24)(H,22,25). The van der Waals surface area contributed by atoms with Crippen LogP contribution in [0.15, 0.2) is 54.6 Å². The van der Waals surface area contributed by atoms with Crippen molar-refractivity contribution in [3.63, 3.8) is 0 Å². The molecule has 1 aromatic heterocycles. The Morgan fingerprint density at radius 3 is 2.16 bits per heavy atom. The number of amides is 1. The van der Waals surface area contributed by atoms with Crippen molar-refractivity contribution in [3.8, 4) is 0 Å². The lowest BCUT2D eigenvalue weighted by molar-refractivity contribution is 0.102. The predicted molar refractivity (Wildman–Crippen MR) is 86.0 cm³/mol. The maximum absolute atomic E-state index is 13.2. The van der Waals surface area contributed by atoms with Crippen LogP contribution < -0.4 is 10.6 Å². The number of hydrogen-bond donors (Lipinski definition) is 2. The topological polar surface area (TPSA) is 66.9 Å². The summed E-state index contributed by atoms with van der Waals surface area (Å²) in [6.07, 6.45) is 0. The van der Waals surface area contributed by atoms with Gasteiger partial charge in [0.05, 0.1) is 0 Å². The summed E-state index contributed by atoms with van der Waals surface area (Å²) in [4.78, 5) is 12.0. The van der Waals surface area contributed by atoms with E-state index < -0.39 is 23.4 Å². The van der Waals surface area contributed by atoms with Crippen LogP contribution in [-0.2, 0) is 0 Å². The van der Waals surface area contributed by atoms with Gasteiger partial charge in [-0.15, -0.1) is 10.2 Å². The van der Waals surface area contributed by atoms with Crippen molar-refractivity contribution in [2.75, 3.05) is 10.6 Å². The first-order chi connectivity index (χ1) is 12.0. The Hall–Kier alpha value is -3.42. The molecule has 1 amide bonds. The normalized spacial score (nSPS) is 10.4. The van der Waals surface area contributed by atoms with E-state index in [0.717, 1.165) is 12.1 Å². The first-order valence-corrected chi connectivity index (χ1v) is 7.14. The maximum atomic E-state index is 13.2. The summed E-state index contributed by atoms with van der Waals surface area (Å²) in [6.45, 7) is 0. The number of nitrogens with zero attached hydrogens (tertiary/aromatic N) is 2. The number of benzene rings is 2. The van der Waals surface area contributed by atoms with Gasteiger partial charge in [-0.3, -0.25) is 4.79 Å². The van der Waals surface area contributed by atoms with E-state index in [1.807, 2.05) is 0 Å². The fourth-order valence-corrected chi connectivity index (χ4v) is 1.97. The quantitative estimate of drug-likeness (QED) is 0.753. The summed E-state index contributed by atoms with van der Waals surface area (Å²) in [7, 11) is 0. The average Bonchev–Trinajstić information content (AvgIpc) is 2.61. The molecular formula is C17H11F3N4O. The van der Waals surface area contributed by atoms with E-state index in [2.05, 4.69) is 20.8 Å². The number of hydrogen-bond acceptors (Lipinski definition) is 4. The van der Waals surface area contributed by atoms with Gasteiger partial charge >= 0.3 is 0 Å². The van der Waals surface area contributed by atoms with Gasteiger partial charge in [0.15, 0.2) is 23.1 Å². The highest BCUT2D eigenvalue weighted by Gasteiger charge is 2.09. The Morgan fingerprint density at radius 1 is 0.800 bits per heavy atom. The van der Waals surface area contributed by atoms with Crippen LogP contribution in [-0.4, -0.2) is 16.1 Å². The van der Waals surface area contributed by atoms with Crippen LogP contribution in [0.5, 0.6) is 0 Å². The minimum atomic E-state index is -0.992. The average molecular weight is 344 g/mol. The Kier molecular flexibility index (Phi) is 4.60. The van der Waals surface area contributed by atoms with Crippen LogP contribution in [0.2, 0.25) is 0 Å². The molecule has 5 nitrogen and oxygen atoms in total. The van der Waals surface area contributed by atoms with E-state index in [4.69, 9.17) is 0 Å². The van der Waals surface area contributed by atoms with Crippen LogP contribution in [0, 0.1) is 17.5 Å². The van der Waals surface area contributed by atoms with Crippen molar-refractivity contribution in [2.24, 2.45) is 0 Å². The van der Waals surface area contributed by atoms with Gasteiger partial charge in [-0.1, -0.05) is 0 Å². The molecule has 0 spiro atoms. The third-order valence-corrected chi connectivity index (χ3v) is 3.19. The van der Waals surface area contributed by atoms with Crippen LogP contribution in [0.1, 0.15) is 10.5 Å². The first-order valence-electron chi connectivity index (χ1n) is 7.14. The zero-order chi connectivity index (χ0) is 17.8. The van der Waals surface area contributed by atoms with E-state index >= 15 is 0 Å². The third-order valence-electron chi connectivity index (χ3n) is 3.19. The van der Waals surface area contributed by atoms with Crippen molar-refractivity contribution in [2.45, 2.75) is 0 Å². The Balaban J connectivity index is 1.67. The van der Waals surface area contributed by atoms with Gasteiger partial charge in [0, 0.05) is 17.4 Å². The highest BCUT2D eigenvalue weighted by Crippen LogP contribution is 2.17. The Morgan fingerprint density at radius 2 is 1.52 bits per heavy atom. The zero-order valence-corrected chi connectivity index (χ0v) is 12.6. The summed E-state index contributed by atoms with van der Waals surface area (Å²) in [5.74, 6) is -2.62. The minimum absolute atomic E-state index is 0.0418. The van der Waals surface area contributed by atoms with E-state index in [1.165, 1.54) is 42.5 Å². The molecule has 25 heavy (non-hydrogen) atoms. The van der Waals surface area contributed by atoms with Gasteiger partial charge in [0.2, 0.25) is 0 Å². The summed E-state index contributed by atoms with van der Waals surface area (Å²) in [6, 6.07) is 11.4. The molecule has 3 rings (SSSR count). The lowest BCUT2D eigenvalue weighted by Crippen LogP contribution is -2.14. The van der Waals surface area contributed by atoms with Crippen LogP contribution in [0.25, 0.3) is 0 Å². The summed E-state index contributed by atoms with van der Waals surface area (Å²) >= 11 is 0. The number of anilines is 3. The molecule has 1 heterocycles. The van der Waals surface area contributed by atoms with E-state index in [0.29, 0.717) is 5.69 Å². The number of nitrogens with one attached hydrogen (secondary N) is 2. The largest absolute Gasteiger partial charge is 0.339 e. The number of carbonyl (C=O) groups excluding carboxylic acids is 1. The Bertz CT molecular complexity index is 899. The van der Waals surface area contributed by atoms with Crippen molar-refractivity contribution < 1.29 is 18.0 Å². The lowest BCUT2D eigenvalue weighted by atomic mass is 10.3. The van der Waals surface area contributed by atoms with E-state index in [9.17, 15) is 18.0 Å². The highest BCUT2D eigenvalue weighted by molar-refractivity contribution is 6.02. The zero-order valence-electron chi connectivity index (χ0n) is 12.6. The lowest BCUT2D eigenvalue weighted by Gasteiger charge is -2.07. The molecule has 0 fully saturated rings. The third kappa shape index (κ3) is 4.11. The van der Waals surface area contributed by atoms with E-state index in [-0.39, 0.29) is 17.2 Å². The predicted octanol–water partition coefficient (Wildman–Crippen LogP) is 3.89.